The number of hydrogen-bond donors (Lipinski definition) is 2. The van der Waals surface area contributed by atoms with Crippen molar-refractivity contribution in [1.82, 2.24) is 10.6 Å². The van der Waals surface area contributed by atoms with Crippen LogP contribution in [0.3, 0.4) is 0 Å². The molecular weight excluding hydrogens is 219 g/mol. The molecule has 0 spiro atoms. The van der Waals surface area contributed by atoms with Gasteiger partial charge in [-0.3, -0.25) is 4.79 Å². The van der Waals surface area contributed by atoms with Crippen molar-refractivity contribution in [1.29, 1.82) is 0 Å². The quantitative estimate of drug-likeness (QED) is 0.818. The average molecular weight is 236 g/mol. The van der Waals surface area contributed by atoms with Gasteiger partial charge in [0.25, 0.3) is 0 Å². The van der Waals surface area contributed by atoms with E-state index in [2.05, 4.69) is 10.6 Å². The summed E-state index contributed by atoms with van der Waals surface area (Å²) in [6.45, 7) is 2.08. The highest BCUT2D eigenvalue weighted by molar-refractivity contribution is 5.78. The highest BCUT2D eigenvalue weighted by Gasteiger charge is 2.23. The first kappa shape index (κ1) is 12.0. The highest BCUT2D eigenvalue weighted by Crippen LogP contribution is 2.18. The zero-order valence-corrected chi connectivity index (χ0v) is 9.87. The summed E-state index contributed by atoms with van der Waals surface area (Å²) in [6, 6.07) is 6.81. The second kappa shape index (κ2) is 5.27. The fourth-order valence-corrected chi connectivity index (χ4v) is 1.69. The van der Waals surface area contributed by atoms with E-state index < -0.39 is 0 Å². The zero-order chi connectivity index (χ0) is 12.3. The summed E-state index contributed by atoms with van der Waals surface area (Å²) in [5, 5.41) is 5.90. The molecule has 2 N–H and O–H groups in total. The van der Waals surface area contributed by atoms with Crippen molar-refractivity contribution in [3.63, 3.8) is 0 Å². The Labute approximate surface area is 100 Å². The van der Waals surface area contributed by atoms with E-state index in [1.165, 1.54) is 6.07 Å². The number of benzene rings is 1. The fraction of sp³-hybridized carbons (Fsp3) is 0.462. The molecule has 0 saturated heterocycles. The lowest BCUT2D eigenvalue weighted by Crippen LogP contribution is -2.36. The summed E-state index contributed by atoms with van der Waals surface area (Å²) in [6.07, 6.45) is 2.16. The minimum atomic E-state index is -0.241. The lowest BCUT2D eigenvalue weighted by molar-refractivity contribution is -0.120. The van der Waals surface area contributed by atoms with Gasteiger partial charge >= 0.3 is 0 Å². The van der Waals surface area contributed by atoms with Crippen LogP contribution in [0.25, 0.3) is 0 Å². The zero-order valence-electron chi connectivity index (χ0n) is 9.87. The second-order valence-corrected chi connectivity index (χ2v) is 4.47. The van der Waals surface area contributed by atoms with E-state index in [-0.39, 0.29) is 24.3 Å². The van der Waals surface area contributed by atoms with Crippen molar-refractivity contribution in [2.45, 2.75) is 31.8 Å². The van der Waals surface area contributed by atoms with E-state index in [0.29, 0.717) is 11.6 Å². The minimum Gasteiger partial charge on any atom is -0.352 e. The van der Waals surface area contributed by atoms with Crippen LogP contribution < -0.4 is 10.6 Å². The Morgan fingerprint density at radius 1 is 1.47 bits per heavy atom. The van der Waals surface area contributed by atoms with Crippen molar-refractivity contribution in [2.24, 2.45) is 0 Å². The topological polar surface area (TPSA) is 41.1 Å². The Morgan fingerprint density at radius 3 is 2.82 bits per heavy atom. The normalized spacial score (nSPS) is 16.6. The molecule has 92 valence electrons. The molecule has 0 aromatic heterocycles. The van der Waals surface area contributed by atoms with Gasteiger partial charge in [0.05, 0.1) is 6.54 Å². The van der Waals surface area contributed by atoms with Gasteiger partial charge in [0, 0.05) is 17.6 Å². The molecule has 2 rings (SSSR count). The molecule has 1 fully saturated rings. The molecule has 0 bridgehead atoms. The van der Waals surface area contributed by atoms with Crippen LogP contribution in [0.1, 0.15) is 31.4 Å². The van der Waals surface area contributed by atoms with Crippen LogP contribution in [-0.2, 0) is 4.79 Å². The fourth-order valence-electron chi connectivity index (χ4n) is 1.69. The standard InChI is InChI=1S/C13H17FN2O/c1-9(11-4-2-3-5-12(11)14)15-8-13(17)16-10-6-7-10/h2-5,9-10,15H,6-8H2,1H3,(H,16,17)/t9-/m1/s1. The molecule has 1 amide bonds. The second-order valence-electron chi connectivity index (χ2n) is 4.47. The van der Waals surface area contributed by atoms with E-state index in [4.69, 9.17) is 0 Å². The Morgan fingerprint density at radius 2 is 2.18 bits per heavy atom. The van der Waals surface area contributed by atoms with Crippen LogP contribution in [0, 0.1) is 5.82 Å². The van der Waals surface area contributed by atoms with Crippen molar-refractivity contribution in [2.75, 3.05) is 6.54 Å². The van der Waals surface area contributed by atoms with Crippen molar-refractivity contribution < 1.29 is 9.18 Å². The van der Waals surface area contributed by atoms with Gasteiger partial charge in [-0.15, -0.1) is 0 Å². The lowest BCUT2D eigenvalue weighted by atomic mass is 10.1. The third kappa shape index (κ3) is 3.53. The van der Waals surface area contributed by atoms with Crippen LogP contribution in [-0.4, -0.2) is 18.5 Å². The molecule has 17 heavy (non-hydrogen) atoms. The van der Waals surface area contributed by atoms with E-state index in [1.807, 2.05) is 6.92 Å². The monoisotopic (exact) mass is 236 g/mol. The lowest BCUT2D eigenvalue weighted by Gasteiger charge is -2.14. The summed E-state index contributed by atoms with van der Waals surface area (Å²) < 4.78 is 13.4. The molecule has 1 aromatic carbocycles. The maximum absolute atomic E-state index is 13.4. The largest absolute Gasteiger partial charge is 0.352 e. The number of rotatable bonds is 5. The van der Waals surface area contributed by atoms with Crippen molar-refractivity contribution in [3.05, 3.63) is 35.6 Å². The molecule has 0 radical (unpaired) electrons. The number of nitrogens with one attached hydrogen (secondary N) is 2. The van der Waals surface area contributed by atoms with Crippen LogP contribution in [0.15, 0.2) is 24.3 Å². The predicted octanol–water partition coefficient (Wildman–Crippen LogP) is 1.75. The van der Waals surface area contributed by atoms with E-state index in [0.717, 1.165) is 12.8 Å². The Bertz CT molecular complexity index is 404. The number of amides is 1. The van der Waals surface area contributed by atoms with Gasteiger partial charge in [-0.05, 0) is 25.8 Å². The van der Waals surface area contributed by atoms with Gasteiger partial charge < -0.3 is 10.6 Å². The smallest absolute Gasteiger partial charge is 0.234 e. The van der Waals surface area contributed by atoms with Crippen LogP contribution in [0.2, 0.25) is 0 Å². The SMILES string of the molecule is C[C@@H](NCC(=O)NC1CC1)c1ccccc1F. The molecule has 1 aromatic rings. The molecule has 1 aliphatic rings. The van der Waals surface area contributed by atoms with E-state index >= 15 is 0 Å². The Balaban J connectivity index is 1.82. The molecule has 1 saturated carbocycles. The minimum absolute atomic E-state index is 0.0179. The van der Waals surface area contributed by atoms with Crippen LogP contribution >= 0.6 is 0 Å². The van der Waals surface area contributed by atoms with Gasteiger partial charge in [-0.1, -0.05) is 18.2 Å². The number of carbonyl (C=O) groups excluding carboxylic acids is 1. The third-order valence-corrected chi connectivity index (χ3v) is 2.88. The number of hydrogen-bond acceptors (Lipinski definition) is 2. The average Bonchev–Trinajstić information content (AvgIpc) is 3.10. The predicted molar refractivity (Wildman–Crippen MR) is 64.0 cm³/mol. The molecule has 0 unspecified atom stereocenters. The first-order valence-electron chi connectivity index (χ1n) is 5.94. The third-order valence-electron chi connectivity index (χ3n) is 2.88. The van der Waals surface area contributed by atoms with Gasteiger partial charge in [-0.2, -0.15) is 0 Å². The summed E-state index contributed by atoms with van der Waals surface area (Å²) in [5.74, 6) is -0.259. The molecule has 1 aliphatic carbocycles. The van der Waals surface area contributed by atoms with Gasteiger partial charge in [-0.25, -0.2) is 4.39 Å². The van der Waals surface area contributed by atoms with Crippen LogP contribution in [0.5, 0.6) is 0 Å². The van der Waals surface area contributed by atoms with Gasteiger partial charge in [0.2, 0.25) is 5.91 Å². The Hall–Kier alpha value is -1.42. The van der Waals surface area contributed by atoms with Gasteiger partial charge in [0.1, 0.15) is 5.82 Å². The summed E-state index contributed by atoms with van der Waals surface area (Å²) >= 11 is 0. The molecule has 0 aliphatic heterocycles. The summed E-state index contributed by atoms with van der Waals surface area (Å²) in [4.78, 5) is 11.4. The number of halogens is 1. The molecular formula is C13H17FN2O. The summed E-state index contributed by atoms with van der Waals surface area (Å²) in [5.41, 5.74) is 0.590. The first-order chi connectivity index (χ1) is 8.16. The Kier molecular flexibility index (Phi) is 3.74. The van der Waals surface area contributed by atoms with E-state index in [9.17, 15) is 9.18 Å². The molecule has 4 heteroatoms. The van der Waals surface area contributed by atoms with E-state index in [1.54, 1.807) is 18.2 Å². The van der Waals surface area contributed by atoms with Crippen molar-refractivity contribution in [3.8, 4) is 0 Å². The maximum atomic E-state index is 13.4. The van der Waals surface area contributed by atoms with Crippen molar-refractivity contribution >= 4 is 5.91 Å². The maximum Gasteiger partial charge on any atom is 0.234 e. The highest BCUT2D eigenvalue weighted by atomic mass is 19.1. The molecule has 0 heterocycles. The summed E-state index contributed by atoms with van der Waals surface area (Å²) in [7, 11) is 0. The molecule has 3 nitrogen and oxygen atoms in total. The number of carbonyl (C=O) groups is 1. The van der Waals surface area contributed by atoms with Crippen LogP contribution in [0.4, 0.5) is 4.39 Å². The first-order valence-corrected chi connectivity index (χ1v) is 5.94. The van der Waals surface area contributed by atoms with Gasteiger partial charge in [0.15, 0.2) is 0 Å². The molecule has 1 atom stereocenters.